The normalized spacial score (nSPS) is 12.3. The van der Waals surface area contributed by atoms with E-state index in [1.807, 2.05) is 0 Å². The number of unbranched alkanes of at least 4 members (excludes halogenated alkanes) is 24. The van der Waals surface area contributed by atoms with Crippen molar-refractivity contribution in [3.8, 4) is 0 Å². The molecule has 0 rings (SSSR count). The topological polar surface area (TPSA) is 67.8 Å². The monoisotopic (exact) mass is 768 g/mol. The molecule has 0 saturated carbocycles. The Balaban J connectivity index is 0. The van der Waals surface area contributed by atoms with Crippen molar-refractivity contribution in [2.24, 2.45) is 11.3 Å². The Morgan fingerprint density at radius 1 is 0.500 bits per heavy atom. The first-order valence-electron chi connectivity index (χ1n) is 23.8. The second-order valence-electron chi connectivity index (χ2n) is 19.4. The second kappa shape index (κ2) is 36.5. The fourth-order valence-electron chi connectivity index (χ4n) is 8.58. The lowest BCUT2D eigenvalue weighted by Gasteiger charge is -2.39. The van der Waals surface area contributed by atoms with Crippen molar-refractivity contribution in [2.75, 3.05) is 13.7 Å². The van der Waals surface area contributed by atoms with Gasteiger partial charge in [0.1, 0.15) is 5.60 Å². The van der Waals surface area contributed by atoms with E-state index < -0.39 is 5.60 Å². The first-order chi connectivity index (χ1) is 25.7. The summed E-state index contributed by atoms with van der Waals surface area (Å²) in [5, 5.41) is 10.3. The van der Waals surface area contributed by atoms with Crippen molar-refractivity contribution in [2.45, 2.75) is 286 Å². The SMILES string of the molecule is CCCCCCCCCCCCCCCC(CCCCCCCCCCCCCCC)NC(=O)OC(C)(C)CC(C)(C)CC(C)(C)OCCC(C)C.CO. The lowest BCUT2D eigenvalue weighted by Crippen LogP contribution is -2.43. The van der Waals surface area contributed by atoms with Gasteiger partial charge in [-0.15, -0.1) is 0 Å². The van der Waals surface area contributed by atoms with Crippen molar-refractivity contribution in [1.29, 1.82) is 0 Å². The van der Waals surface area contributed by atoms with E-state index in [-0.39, 0.29) is 23.2 Å². The average Bonchev–Trinajstić information content (AvgIpc) is 3.07. The van der Waals surface area contributed by atoms with E-state index in [0.29, 0.717) is 5.92 Å². The maximum atomic E-state index is 13.4. The number of ether oxygens (including phenoxy) is 2. The van der Waals surface area contributed by atoms with Crippen molar-refractivity contribution in [1.82, 2.24) is 5.32 Å². The molecule has 0 saturated heterocycles. The van der Waals surface area contributed by atoms with E-state index in [2.05, 4.69) is 74.6 Å². The molecule has 0 aliphatic carbocycles. The molecule has 5 heteroatoms. The van der Waals surface area contributed by atoms with Gasteiger partial charge in [-0.3, -0.25) is 0 Å². The van der Waals surface area contributed by atoms with Gasteiger partial charge in [-0.05, 0) is 71.1 Å². The number of aliphatic hydroxyl groups is 1. The Bertz CT molecular complexity index is 763. The smallest absolute Gasteiger partial charge is 0.407 e. The molecule has 0 aliphatic rings. The van der Waals surface area contributed by atoms with Crippen molar-refractivity contribution < 1.29 is 19.4 Å². The van der Waals surface area contributed by atoms with Gasteiger partial charge in [0.2, 0.25) is 0 Å². The van der Waals surface area contributed by atoms with Crippen LogP contribution in [0.4, 0.5) is 4.79 Å². The lowest BCUT2D eigenvalue weighted by atomic mass is 9.74. The molecule has 326 valence electrons. The number of alkyl carbamates (subject to hydrolysis) is 1. The summed E-state index contributed by atoms with van der Waals surface area (Å²) in [6.45, 7) is 23.0. The van der Waals surface area contributed by atoms with Crippen LogP contribution in [0.25, 0.3) is 0 Å². The lowest BCUT2D eigenvalue weighted by molar-refractivity contribution is -0.0654. The number of rotatable bonds is 38. The Labute approximate surface area is 340 Å². The van der Waals surface area contributed by atoms with Crippen LogP contribution in [-0.2, 0) is 9.47 Å². The summed E-state index contributed by atoms with van der Waals surface area (Å²) in [5.74, 6) is 0.646. The molecule has 0 aliphatic heterocycles. The summed E-state index contributed by atoms with van der Waals surface area (Å²) in [6.07, 6.45) is 40.3. The third-order valence-corrected chi connectivity index (χ3v) is 11.0. The first-order valence-corrected chi connectivity index (χ1v) is 23.8. The van der Waals surface area contributed by atoms with E-state index in [9.17, 15) is 4.79 Å². The highest BCUT2D eigenvalue weighted by Crippen LogP contribution is 2.38. The molecule has 54 heavy (non-hydrogen) atoms. The van der Waals surface area contributed by atoms with Gasteiger partial charge in [-0.25, -0.2) is 4.79 Å². The summed E-state index contributed by atoms with van der Waals surface area (Å²) < 4.78 is 12.5. The van der Waals surface area contributed by atoms with Gasteiger partial charge < -0.3 is 19.9 Å². The number of nitrogens with one attached hydrogen (secondary N) is 1. The number of amides is 1. The Morgan fingerprint density at radius 3 is 1.15 bits per heavy atom. The van der Waals surface area contributed by atoms with E-state index in [0.717, 1.165) is 45.8 Å². The molecule has 0 aromatic heterocycles. The molecule has 2 N–H and O–H groups in total. The van der Waals surface area contributed by atoms with Crippen molar-refractivity contribution in [3.63, 3.8) is 0 Å². The van der Waals surface area contributed by atoms with Crippen molar-refractivity contribution in [3.05, 3.63) is 0 Å². The molecular weight excluding hydrogens is 667 g/mol. The summed E-state index contributed by atoms with van der Waals surface area (Å²) in [5.41, 5.74) is -0.769. The number of hydrogen-bond donors (Lipinski definition) is 2. The van der Waals surface area contributed by atoms with Crippen LogP contribution in [0.3, 0.4) is 0 Å². The highest BCUT2D eigenvalue weighted by atomic mass is 16.6. The molecule has 0 heterocycles. The maximum absolute atomic E-state index is 13.4. The van der Waals surface area contributed by atoms with Crippen LogP contribution in [-0.4, -0.2) is 42.2 Å². The predicted molar refractivity (Wildman–Crippen MR) is 239 cm³/mol. The van der Waals surface area contributed by atoms with Crippen LogP contribution < -0.4 is 5.32 Å². The third-order valence-electron chi connectivity index (χ3n) is 11.0. The van der Waals surface area contributed by atoms with Crippen LogP contribution in [0.5, 0.6) is 0 Å². The van der Waals surface area contributed by atoms with Crippen LogP contribution in [0, 0.1) is 11.3 Å². The van der Waals surface area contributed by atoms with Gasteiger partial charge in [-0.1, -0.05) is 208 Å². The Hall–Kier alpha value is -0.810. The quantitative estimate of drug-likeness (QED) is 0.0614. The summed E-state index contributed by atoms with van der Waals surface area (Å²) in [4.78, 5) is 13.4. The molecule has 5 nitrogen and oxygen atoms in total. The second-order valence-corrected chi connectivity index (χ2v) is 19.4. The molecule has 0 spiro atoms. The minimum atomic E-state index is -0.544. The average molecular weight is 768 g/mol. The number of carbonyl (C=O) groups is 1. The van der Waals surface area contributed by atoms with Gasteiger partial charge in [-0.2, -0.15) is 0 Å². The zero-order valence-corrected chi connectivity index (χ0v) is 39.0. The third kappa shape index (κ3) is 39.4. The Kier molecular flexibility index (Phi) is 37.4. The molecule has 0 bridgehead atoms. The van der Waals surface area contributed by atoms with Gasteiger partial charge in [0, 0.05) is 19.8 Å². The van der Waals surface area contributed by atoms with Gasteiger partial charge in [0.15, 0.2) is 0 Å². The Morgan fingerprint density at radius 2 is 0.815 bits per heavy atom. The molecule has 0 unspecified atom stereocenters. The van der Waals surface area contributed by atoms with E-state index in [1.165, 1.54) is 167 Å². The van der Waals surface area contributed by atoms with Crippen LogP contribution in [0.1, 0.15) is 268 Å². The summed E-state index contributed by atoms with van der Waals surface area (Å²) in [6, 6.07) is 0.213. The molecule has 0 atom stereocenters. The van der Waals surface area contributed by atoms with Gasteiger partial charge in [0.25, 0.3) is 0 Å². The van der Waals surface area contributed by atoms with Crippen LogP contribution in [0.15, 0.2) is 0 Å². The highest BCUT2D eigenvalue weighted by molar-refractivity contribution is 5.68. The highest BCUT2D eigenvalue weighted by Gasteiger charge is 2.36. The fourth-order valence-corrected chi connectivity index (χ4v) is 8.58. The maximum Gasteiger partial charge on any atom is 0.407 e. The molecule has 0 aromatic rings. The predicted octanol–water partition coefficient (Wildman–Crippen LogP) is 16.1. The van der Waals surface area contributed by atoms with Gasteiger partial charge in [0.05, 0.1) is 5.60 Å². The van der Waals surface area contributed by atoms with Crippen molar-refractivity contribution >= 4 is 6.09 Å². The molecule has 0 aromatic carbocycles. The first kappa shape index (κ1) is 55.3. The summed E-state index contributed by atoms with van der Waals surface area (Å²) >= 11 is 0. The largest absolute Gasteiger partial charge is 0.444 e. The molecule has 1 amide bonds. The van der Waals surface area contributed by atoms with Crippen LogP contribution in [0.2, 0.25) is 0 Å². The number of carbonyl (C=O) groups excluding carboxylic acids is 1. The molecule has 0 fully saturated rings. The molecule has 0 radical (unpaired) electrons. The minimum absolute atomic E-state index is 0.0201. The summed E-state index contributed by atoms with van der Waals surface area (Å²) in [7, 11) is 1.00. The fraction of sp³-hybridized carbons (Fsp3) is 0.980. The zero-order chi connectivity index (χ0) is 41.0. The van der Waals surface area contributed by atoms with E-state index >= 15 is 0 Å². The number of hydrogen-bond acceptors (Lipinski definition) is 4. The van der Waals surface area contributed by atoms with Gasteiger partial charge >= 0.3 is 6.09 Å². The number of aliphatic hydroxyl groups excluding tert-OH is 1. The minimum Gasteiger partial charge on any atom is -0.444 e. The van der Waals surface area contributed by atoms with E-state index in [1.54, 1.807) is 0 Å². The zero-order valence-electron chi connectivity index (χ0n) is 39.0. The standard InChI is InChI=1S/C48H97NO3.CH4O/c1-11-13-15-17-19-21-23-25-27-29-31-33-35-37-44(38-36-34-32-30-28-26-24-22-20-18-16-14-12-2)49-45(50)52-48(9,10)42-46(5,6)41-47(7,8)51-40-39-43(3)4;1-2/h43-44H,11-42H2,1-10H3,(H,49,50);2H,1H3. The van der Waals surface area contributed by atoms with E-state index in [4.69, 9.17) is 14.6 Å². The molecular formula is C49H101NO4. The van der Waals surface area contributed by atoms with Crippen LogP contribution >= 0.6 is 0 Å².